The van der Waals surface area contributed by atoms with Crippen LogP contribution >= 0.6 is 0 Å². The highest BCUT2D eigenvalue weighted by Crippen LogP contribution is 1.89. The van der Waals surface area contributed by atoms with Crippen LogP contribution in [0.1, 0.15) is 0 Å². The van der Waals surface area contributed by atoms with Crippen LogP contribution in [0.15, 0.2) is 12.7 Å². The van der Waals surface area contributed by atoms with Crippen molar-refractivity contribution in [2.45, 2.75) is 0 Å². The van der Waals surface area contributed by atoms with Crippen LogP contribution in [0.3, 0.4) is 0 Å². The molecule has 10 heavy (non-hydrogen) atoms. The highest BCUT2D eigenvalue weighted by atomic mass is 15.4. The maximum atomic E-state index is 3.82. The van der Waals surface area contributed by atoms with Gasteiger partial charge in [-0.2, -0.15) is 19.9 Å². The molecule has 49 valence electrons. The first-order valence-corrected chi connectivity index (χ1v) is 2.60. The van der Waals surface area contributed by atoms with Gasteiger partial charge in [0.1, 0.15) is 12.7 Å². The van der Waals surface area contributed by atoms with Gasteiger partial charge in [-0.25, -0.2) is 10.1 Å². The third kappa shape index (κ3) is 0.661. The molecular formula is C4H3N6. The number of aromatic nitrogens is 6. The maximum absolute atomic E-state index is 3.82. The highest BCUT2D eigenvalue weighted by molar-refractivity contribution is 5.00. The minimum absolute atomic E-state index is 0.512. The molecule has 0 aromatic carbocycles. The zero-order chi connectivity index (χ0) is 6.81. The Labute approximate surface area is 55.9 Å². The summed E-state index contributed by atoms with van der Waals surface area (Å²) >= 11 is 0. The molecule has 0 amide bonds. The molecule has 0 spiro atoms. The fourth-order valence-electron chi connectivity index (χ4n) is 0.587. The Morgan fingerprint density at radius 3 is 3.10 bits per heavy atom. The largest absolute Gasteiger partial charge is 0.248 e. The molecule has 0 bridgehead atoms. The molecule has 0 atom stereocenters. The van der Waals surface area contributed by atoms with E-state index >= 15 is 0 Å². The van der Waals surface area contributed by atoms with Gasteiger partial charge in [-0.05, 0) is 0 Å². The number of H-pyrrole nitrogens is 1. The van der Waals surface area contributed by atoms with Gasteiger partial charge < -0.3 is 0 Å². The van der Waals surface area contributed by atoms with Crippen LogP contribution < -0.4 is 0 Å². The lowest BCUT2D eigenvalue weighted by atomic mass is 11.0. The molecule has 1 radical (unpaired) electrons. The quantitative estimate of drug-likeness (QED) is 0.554. The minimum Gasteiger partial charge on any atom is -0.244 e. The van der Waals surface area contributed by atoms with Crippen molar-refractivity contribution in [2.75, 3.05) is 0 Å². The van der Waals surface area contributed by atoms with E-state index in [9.17, 15) is 0 Å². The first kappa shape index (κ1) is 5.10. The van der Waals surface area contributed by atoms with Crippen molar-refractivity contribution < 1.29 is 0 Å². The van der Waals surface area contributed by atoms with Crippen LogP contribution in [0.25, 0.3) is 5.95 Å². The molecule has 0 saturated carbocycles. The SMILES string of the molecule is [c]1ncnn1-c1ncn[nH]1. The van der Waals surface area contributed by atoms with E-state index in [0.717, 1.165) is 0 Å². The van der Waals surface area contributed by atoms with E-state index in [1.807, 2.05) is 0 Å². The number of hydrogen-bond donors (Lipinski definition) is 1. The van der Waals surface area contributed by atoms with Gasteiger partial charge in [0.15, 0.2) is 0 Å². The summed E-state index contributed by atoms with van der Waals surface area (Å²) in [7, 11) is 0. The predicted molar refractivity (Wildman–Crippen MR) is 30.1 cm³/mol. The van der Waals surface area contributed by atoms with Gasteiger partial charge in [0.2, 0.25) is 12.3 Å². The van der Waals surface area contributed by atoms with Gasteiger partial charge in [-0.1, -0.05) is 0 Å². The van der Waals surface area contributed by atoms with E-state index in [0.29, 0.717) is 5.95 Å². The molecule has 0 fully saturated rings. The van der Waals surface area contributed by atoms with Crippen molar-refractivity contribution in [3.63, 3.8) is 0 Å². The van der Waals surface area contributed by atoms with Gasteiger partial charge in [-0.3, -0.25) is 0 Å². The average Bonchev–Trinajstić information content (AvgIpc) is 2.59. The van der Waals surface area contributed by atoms with Crippen LogP contribution in [0, 0.1) is 6.33 Å². The van der Waals surface area contributed by atoms with Gasteiger partial charge >= 0.3 is 0 Å². The second kappa shape index (κ2) is 1.90. The van der Waals surface area contributed by atoms with E-state index in [-0.39, 0.29) is 0 Å². The molecule has 0 aliphatic carbocycles. The summed E-state index contributed by atoms with van der Waals surface area (Å²) in [6.07, 6.45) is 5.33. The number of aromatic amines is 1. The standard InChI is InChI=1S/C4H3N6/c1-5-3-10(8-1)4-6-2-7-9-4/h1-2H,(H,6,7,9). The molecule has 2 heterocycles. The van der Waals surface area contributed by atoms with Gasteiger partial charge in [0.05, 0.1) is 0 Å². The molecule has 2 rings (SSSR count). The van der Waals surface area contributed by atoms with Crippen molar-refractivity contribution in [3.8, 4) is 5.95 Å². The van der Waals surface area contributed by atoms with Crippen molar-refractivity contribution >= 4 is 0 Å². The summed E-state index contributed by atoms with van der Waals surface area (Å²) in [5.41, 5.74) is 0. The summed E-state index contributed by atoms with van der Waals surface area (Å²) in [5.74, 6) is 0.512. The summed E-state index contributed by atoms with van der Waals surface area (Å²) in [6.45, 7) is 0. The number of nitrogens with one attached hydrogen (secondary N) is 1. The Hall–Kier alpha value is -1.72. The van der Waals surface area contributed by atoms with Crippen molar-refractivity contribution in [3.05, 3.63) is 19.0 Å². The second-order valence-electron chi connectivity index (χ2n) is 1.58. The van der Waals surface area contributed by atoms with Gasteiger partial charge in [0, 0.05) is 0 Å². The number of hydrogen-bond acceptors (Lipinski definition) is 4. The smallest absolute Gasteiger partial charge is 0.244 e. The fourth-order valence-corrected chi connectivity index (χ4v) is 0.587. The monoisotopic (exact) mass is 135 g/mol. The molecule has 6 nitrogen and oxygen atoms in total. The zero-order valence-electron chi connectivity index (χ0n) is 4.89. The van der Waals surface area contributed by atoms with E-state index in [1.54, 1.807) is 0 Å². The minimum atomic E-state index is 0.512. The first-order valence-electron chi connectivity index (χ1n) is 2.60. The summed E-state index contributed by atoms with van der Waals surface area (Å²) in [4.78, 5) is 7.44. The number of nitrogens with zero attached hydrogens (tertiary/aromatic N) is 5. The van der Waals surface area contributed by atoms with Crippen molar-refractivity contribution in [1.29, 1.82) is 0 Å². The average molecular weight is 135 g/mol. The van der Waals surface area contributed by atoms with Crippen molar-refractivity contribution in [2.24, 2.45) is 0 Å². The molecule has 2 aromatic heterocycles. The third-order valence-corrected chi connectivity index (χ3v) is 0.980. The van der Waals surface area contributed by atoms with E-state index in [4.69, 9.17) is 0 Å². The Balaban J connectivity index is 2.48. The fraction of sp³-hybridized carbons (Fsp3) is 0. The molecule has 0 aliphatic heterocycles. The van der Waals surface area contributed by atoms with Crippen LogP contribution in [-0.4, -0.2) is 29.9 Å². The lowest BCUT2D eigenvalue weighted by Gasteiger charge is -1.86. The summed E-state index contributed by atoms with van der Waals surface area (Å²) in [5, 5.41) is 10.0. The lowest BCUT2D eigenvalue weighted by Crippen LogP contribution is -1.96. The molecule has 6 heteroatoms. The molecule has 0 unspecified atom stereocenters. The van der Waals surface area contributed by atoms with Gasteiger partial charge in [-0.15, -0.1) is 0 Å². The predicted octanol–water partition coefficient (Wildman–Crippen LogP) is -0.814. The number of rotatable bonds is 1. The van der Waals surface area contributed by atoms with Gasteiger partial charge in [0.25, 0.3) is 0 Å². The molecular weight excluding hydrogens is 132 g/mol. The second-order valence-corrected chi connectivity index (χ2v) is 1.58. The third-order valence-electron chi connectivity index (χ3n) is 0.980. The Bertz CT molecular complexity index is 249. The van der Waals surface area contributed by atoms with E-state index < -0.39 is 0 Å². The van der Waals surface area contributed by atoms with Crippen LogP contribution in [0.5, 0.6) is 0 Å². The van der Waals surface area contributed by atoms with Crippen LogP contribution in [-0.2, 0) is 0 Å². The molecule has 2 aromatic rings. The lowest BCUT2D eigenvalue weighted by molar-refractivity contribution is 0.806. The Morgan fingerprint density at radius 2 is 2.50 bits per heavy atom. The molecule has 0 saturated heterocycles. The van der Waals surface area contributed by atoms with E-state index in [1.165, 1.54) is 17.3 Å². The normalized spacial score (nSPS) is 10.0. The molecule has 0 aliphatic rings. The molecule has 1 N–H and O–H groups in total. The highest BCUT2D eigenvalue weighted by Gasteiger charge is 1.96. The van der Waals surface area contributed by atoms with Crippen molar-refractivity contribution in [1.82, 2.24) is 29.9 Å². The topological polar surface area (TPSA) is 72.3 Å². The van der Waals surface area contributed by atoms with Crippen LogP contribution in [0.2, 0.25) is 0 Å². The Kier molecular flexibility index (Phi) is 0.970. The Morgan fingerprint density at radius 1 is 1.50 bits per heavy atom. The zero-order valence-corrected chi connectivity index (χ0v) is 4.89. The summed E-state index contributed by atoms with van der Waals surface area (Å²) in [6, 6.07) is 0. The maximum Gasteiger partial charge on any atom is 0.248 e. The first-order chi connectivity index (χ1) is 4.97. The van der Waals surface area contributed by atoms with E-state index in [2.05, 4.69) is 31.6 Å². The van der Waals surface area contributed by atoms with Crippen LogP contribution in [0.4, 0.5) is 0 Å². The summed E-state index contributed by atoms with van der Waals surface area (Å²) < 4.78 is 1.37.